The van der Waals surface area contributed by atoms with E-state index < -0.39 is 122 Å². The van der Waals surface area contributed by atoms with E-state index in [-0.39, 0.29) is 78.5 Å². The second-order valence-corrected chi connectivity index (χ2v) is 20.3. The molecule has 27 heteroatoms. The summed E-state index contributed by atoms with van der Waals surface area (Å²) in [6, 6.07) is 19.8. The Bertz CT molecular complexity index is 3660. The Morgan fingerprint density at radius 1 is 0.697 bits per heavy atom. The number of allylic oxidation sites excluding steroid dienone is 2. The van der Waals surface area contributed by atoms with Crippen molar-refractivity contribution in [3.63, 3.8) is 0 Å². The summed E-state index contributed by atoms with van der Waals surface area (Å²) in [6.07, 6.45) is 9.74. The van der Waals surface area contributed by atoms with Crippen LogP contribution in [0.1, 0.15) is 105 Å². The summed E-state index contributed by atoms with van der Waals surface area (Å²) in [6.45, 7) is 9.89. The number of nitrogens with one attached hydrogen (secondary N) is 2. The number of ether oxygens (including phenoxy) is 3. The molecule has 4 aromatic carbocycles. The molecule has 0 saturated carbocycles. The Morgan fingerprint density at radius 2 is 1.19 bits per heavy atom. The molecule has 6 atom stereocenters. The predicted molar refractivity (Wildman–Crippen MR) is 300 cm³/mol. The molecule has 3 N–H and O–H groups in total. The topological polar surface area (TPSA) is 265 Å². The van der Waals surface area contributed by atoms with E-state index in [1.807, 2.05) is 68.2 Å². The first-order valence-corrected chi connectivity index (χ1v) is 27.0. The molecule has 0 fully saturated rings. The number of fused-ring (bicyclic) bond motifs is 4. The van der Waals surface area contributed by atoms with E-state index in [1.165, 1.54) is 10.8 Å². The van der Waals surface area contributed by atoms with E-state index >= 15 is 0 Å². The number of aromatic hydroxyl groups is 1. The number of carbonyl (C=O) groups excluding carboxylic acids is 6. The van der Waals surface area contributed by atoms with E-state index in [1.54, 1.807) is 35.2 Å². The SMILES string of the molecule is COC(=O)c1occ(C(=O)NCc2c(F)cc(F)cc2F)c(=O)c1OCc1ccccc1.C[C@@H]1CN(C(=O)OCc2ccccc2)[C@@H](C)C=C[C@@H]1C.C[C@H]1C=C[C@H](C)N2C[C@H]1n1cc(C(=O)NCc3c(F)cc(F)cc3F)c(=O)c(O)c1C2=O.O=CO[O-].[Na+]. The molecular weight excluding hydrogens is 1190 g/mol. The maximum Gasteiger partial charge on any atom is 1.00 e. The minimum Gasteiger partial charge on any atom is -0.662 e. The summed E-state index contributed by atoms with van der Waals surface area (Å²) < 4.78 is 103. The normalized spacial score (nSPS) is 17.7. The number of aromatic nitrogens is 1. The first kappa shape index (κ1) is 70.8. The second kappa shape index (κ2) is 32.8. The largest absolute Gasteiger partial charge is 1.00 e. The average molecular weight is 1250 g/mol. The standard InChI is InChI=1S/C22H20F3N3O4.C22H16F3NO6.C17H23NO2.CH2O3.Na/c1-10-3-4-11(2)27-9-17(10)28-8-14(19(29)20(30)18(28)22(27)32)21(31)26-7-13-15(24)5-12(23)6-16(13)25;1-30-22(29)20-19(31-10-12-5-3-2-4-6-12)18(27)15(11-32-20)21(28)26-9-14-16(24)7-13(23)8-17(14)25;1-13-9-10-15(3)18(11-14(13)2)17(19)20-12-16-7-5-4-6-8-16;2-1-4-3;/h3-6,8,10-11,17,30H,7,9H2,1-2H3,(H,26,31);2-8,11H,9-10H2,1H3,(H,26,28);4-10,13-15H,11-12H2,1-3H3;1,3H;/q;;;;+1/p-1/t10-,11-,17+;;13-,14+,15-;;/m0.0../s1. The molecular formula is C62H60F6N5NaO15. The van der Waals surface area contributed by atoms with Crippen LogP contribution in [0, 0.1) is 52.7 Å². The number of nitrogens with zero attached hydrogens (tertiary/aromatic N) is 3. The van der Waals surface area contributed by atoms with Gasteiger partial charge >= 0.3 is 41.6 Å². The van der Waals surface area contributed by atoms with Crippen LogP contribution >= 0.6 is 0 Å². The van der Waals surface area contributed by atoms with Crippen LogP contribution in [0.2, 0.25) is 0 Å². The molecule has 3 aliphatic heterocycles. The molecule has 3 aliphatic rings. The zero-order chi connectivity index (χ0) is 64.5. The third-order valence-electron chi connectivity index (χ3n) is 14.4. The molecule has 0 unspecified atom stereocenters. The van der Waals surface area contributed by atoms with Crippen LogP contribution in [0.25, 0.3) is 0 Å². The van der Waals surface area contributed by atoms with Crippen molar-refractivity contribution in [2.45, 2.75) is 79.0 Å². The molecule has 2 aromatic heterocycles. The van der Waals surface area contributed by atoms with Crippen LogP contribution in [0.5, 0.6) is 11.5 Å². The molecule has 2 bridgehead atoms. The molecule has 6 aromatic rings. The quantitative estimate of drug-likeness (QED) is 0.0257. The van der Waals surface area contributed by atoms with E-state index in [4.69, 9.17) is 23.9 Å². The number of rotatable bonds is 13. The number of pyridine rings is 1. The Balaban J connectivity index is 0.000000240. The van der Waals surface area contributed by atoms with Crippen LogP contribution < -0.4 is 61.0 Å². The number of methoxy groups -OCH3 is 1. The number of amides is 4. The molecule has 20 nitrogen and oxygen atoms in total. The van der Waals surface area contributed by atoms with E-state index in [0.29, 0.717) is 61.1 Å². The molecule has 466 valence electrons. The third-order valence-corrected chi connectivity index (χ3v) is 14.4. The number of halogens is 6. The third kappa shape index (κ3) is 18.1. The van der Waals surface area contributed by atoms with Crippen molar-refractivity contribution in [1.82, 2.24) is 25.0 Å². The fourth-order valence-corrected chi connectivity index (χ4v) is 9.13. The second-order valence-electron chi connectivity index (χ2n) is 20.3. The van der Waals surface area contributed by atoms with Crippen molar-refractivity contribution in [1.29, 1.82) is 0 Å². The Kier molecular flexibility index (Phi) is 26.1. The Hall–Kier alpha value is -8.98. The summed E-state index contributed by atoms with van der Waals surface area (Å²) in [7, 11) is 1.07. The summed E-state index contributed by atoms with van der Waals surface area (Å²) in [5.74, 6) is -11.7. The summed E-state index contributed by atoms with van der Waals surface area (Å²) in [5.41, 5.74) is -2.84. The van der Waals surface area contributed by atoms with Gasteiger partial charge in [0.2, 0.25) is 16.6 Å². The number of esters is 1. The zero-order valence-corrected chi connectivity index (χ0v) is 51.1. The number of benzene rings is 4. The van der Waals surface area contributed by atoms with Gasteiger partial charge in [-0.2, -0.15) is 0 Å². The Labute approximate surface area is 527 Å². The molecule has 0 aliphatic carbocycles. The van der Waals surface area contributed by atoms with Crippen LogP contribution in [0.3, 0.4) is 0 Å². The van der Waals surface area contributed by atoms with Gasteiger partial charge in [0.05, 0.1) is 19.2 Å². The van der Waals surface area contributed by atoms with Gasteiger partial charge in [0.1, 0.15) is 65.5 Å². The first-order chi connectivity index (χ1) is 41.9. The van der Waals surface area contributed by atoms with Crippen molar-refractivity contribution >= 4 is 36.3 Å². The molecule has 0 spiro atoms. The minimum atomic E-state index is -1.21. The van der Waals surface area contributed by atoms with Gasteiger partial charge in [-0.1, -0.05) is 106 Å². The minimum absolute atomic E-state index is 0. The average Bonchev–Trinajstić information content (AvgIpc) is 1.99. The monoisotopic (exact) mass is 1250 g/mol. The molecule has 0 saturated heterocycles. The van der Waals surface area contributed by atoms with Crippen LogP contribution in [-0.4, -0.2) is 88.0 Å². The van der Waals surface area contributed by atoms with Gasteiger partial charge in [-0.05, 0) is 42.7 Å². The zero-order valence-electron chi connectivity index (χ0n) is 49.1. The summed E-state index contributed by atoms with van der Waals surface area (Å²) in [5, 5.41) is 23.3. The fourth-order valence-electron chi connectivity index (χ4n) is 9.13. The van der Waals surface area contributed by atoms with Crippen molar-refractivity contribution in [2.75, 3.05) is 20.2 Å². The molecule has 89 heavy (non-hydrogen) atoms. The van der Waals surface area contributed by atoms with Gasteiger partial charge in [0, 0.05) is 73.8 Å². The smallest absolute Gasteiger partial charge is 0.662 e. The maximum absolute atomic E-state index is 13.8. The molecule has 0 radical (unpaired) electrons. The number of hydrogen-bond acceptors (Lipinski definition) is 15. The van der Waals surface area contributed by atoms with Crippen molar-refractivity contribution in [3.8, 4) is 11.5 Å². The van der Waals surface area contributed by atoms with Gasteiger partial charge in [-0.3, -0.25) is 28.8 Å². The van der Waals surface area contributed by atoms with Gasteiger partial charge in [-0.25, -0.2) is 35.9 Å². The van der Waals surface area contributed by atoms with E-state index in [2.05, 4.69) is 46.3 Å². The molecule has 5 heterocycles. The van der Waals surface area contributed by atoms with E-state index in [0.717, 1.165) is 19.2 Å². The van der Waals surface area contributed by atoms with E-state index in [9.17, 15) is 65.0 Å². The summed E-state index contributed by atoms with van der Waals surface area (Å²) >= 11 is 0. The van der Waals surface area contributed by atoms with Gasteiger partial charge < -0.3 is 58.9 Å². The summed E-state index contributed by atoms with van der Waals surface area (Å²) in [4.78, 5) is 102. The van der Waals surface area contributed by atoms with Crippen LogP contribution in [-0.2, 0) is 45.5 Å². The first-order valence-electron chi connectivity index (χ1n) is 27.0. The molecule has 4 amide bonds. The van der Waals surface area contributed by atoms with Crippen molar-refractivity contribution in [3.05, 3.63) is 222 Å². The Morgan fingerprint density at radius 3 is 1.71 bits per heavy atom. The van der Waals surface area contributed by atoms with Crippen LogP contribution in [0.4, 0.5) is 31.1 Å². The predicted octanol–water partition coefficient (Wildman–Crippen LogP) is 5.14. The van der Waals surface area contributed by atoms with Crippen molar-refractivity contribution < 1.29 is 119 Å². The van der Waals surface area contributed by atoms with Gasteiger partial charge in [0.15, 0.2) is 11.4 Å². The maximum atomic E-state index is 13.8. The van der Waals surface area contributed by atoms with Gasteiger partial charge in [0.25, 0.3) is 30.0 Å². The van der Waals surface area contributed by atoms with Crippen LogP contribution in [0.15, 0.2) is 136 Å². The number of hydrogen-bond donors (Lipinski definition) is 3. The fraction of sp³-hybridized carbons (Fsp3) is 0.290. The van der Waals surface area contributed by atoms with Gasteiger partial charge in [-0.15, -0.1) is 0 Å². The molecule has 9 rings (SSSR count). The van der Waals surface area contributed by atoms with Crippen molar-refractivity contribution in [2.24, 2.45) is 17.8 Å². The number of carbonyl (C=O) groups is 6.